The van der Waals surface area contributed by atoms with Gasteiger partial charge in [-0.25, -0.2) is 4.79 Å². The molecule has 5 fully saturated rings. The number of carbonyl (C=O) groups excluding carboxylic acids is 1. The molecule has 4 saturated carbocycles. The van der Waals surface area contributed by atoms with Crippen LogP contribution >= 0.6 is 0 Å². The van der Waals surface area contributed by atoms with Crippen LogP contribution in [-0.4, -0.2) is 69.1 Å². The van der Waals surface area contributed by atoms with Crippen molar-refractivity contribution in [2.75, 3.05) is 13.2 Å². The number of ketones is 1. The van der Waals surface area contributed by atoms with Crippen LogP contribution in [0.5, 0.6) is 0 Å². The number of fused-ring (bicyclic) bond motifs is 2. The number of benzene rings is 2. The highest BCUT2D eigenvalue weighted by Gasteiger charge is 2.77. The van der Waals surface area contributed by atoms with Gasteiger partial charge >= 0.3 is 5.97 Å². The topological polar surface area (TPSA) is 119 Å². The molecular weight excluding hydrogens is 520 g/mol. The van der Waals surface area contributed by atoms with E-state index in [9.17, 15) is 24.9 Å². The minimum absolute atomic E-state index is 0.0326. The number of hydrogen-bond donors (Lipinski definition) is 4. The lowest BCUT2D eigenvalue weighted by Gasteiger charge is -2.62. The predicted molar refractivity (Wildman–Crippen MR) is 154 cm³/mol. The van der Waals surface area contributed by atoms with Gasteiger partial charge in [0.15, 0.2) is 5.78 Å². The first-order valence-electron chi connectivity index (χ1n) is 14.8. The number of nitrogens with one attached hydrogen (secondary N) is 1. The summed E-state index contributed by atoms with van der Waals surface area (Å²) in [5.74, 6) is 0.820. The number of hydrogen-bond acceptors (Lipinski definition) is 7. The van der Waals surface area contributed by atoms with E-state index in [0.717, 1.165) is 23.1 Å². The number of aromatic carboxylic acids is 1. The SMILES string of the molecule is C[C@@H]1[C@@H](NCC(=O)[C@H]2N(Cc3cccc(-c4cccc(C(=O)O)c4)c3)O[C@@H](CO)[C@]23CC3(C)O)C[C@H]2C[C@@H]1C2(C)C. The number of carbonyl (C=O) groups is 2. The molecule has 1 heterocycles. The largest absolute Gasteiger partial charge is 0.478 e. The van der Waals surface area contributed by atoms with Crippen LogP contribution in [0.1, 0.15) is 62.9 Å². The highest BCUT2D eigenvalue weighted by Crippen LogP contribution is 2.66. The maximum absolute atomic E-state index is 14.0. The molecule has 0 amide bonds. The van der Waals surface area contributed by atoms with Crippen molar-refractivity contribution in [2.45, 2.75) is 77.3 Å². The van der Waals surface area contributed by atoms with Crippen LogP contribution in [0.2, 0.25) is 0 Å². The number of hydroxylamine groups is 2. The molecule has 4 aliphatic carbocycles. The minimum Gasteiger partial charge on any atom is -0.478 e. The van der Waals surface area contributed by atoms with E-state index in [-0.39, 0.29) is 37.1 Å². The van der Waals surface area contributed by atoms with E-state index in [0.29, 0.717) is 29.6 Å². The number of carboxylic acids is 1. The van der Waals surface area contributed by atoms with Crippen molar-refractivity contribution in [3.63, 3.8) is 0 Å². The Kier molecular flexibility index (Phi) is 6.94. The zero-order valence-electron chi connectivity index (χ0n) is 24.3. The molecule has 8 nitrogen and oxygen atoms in total. The Morgan fingerprint density at radius 1 is 1.07 bits per heavy atom. The Hall–Kier alpha value is -2.62. The molecule has 220 valence electrons. The second kappa shape index (κ2) is 9.99. The van der Waals surface area contributed by atoms with Crippen molar-refractivity contribution in [3.05, 3.63) is 59.7 Å². The molecule has 5 aliphatic rings. The number of aliphatic hydroxyl groups excluding tert-OH is 1. The quantitative estimate of drug-likeness (QED) is 0.363. The fraction of sp³-hybridized carbons (Fsp3) is 0.576. The Balaban J connectivity index is 1.22. The molecule has 7 rings (SSSR count). The summed E-state index contributed by atoms with van der Waals surface area (Å²) in [5.41, 5.74) is 1.12. The zero-order chi connectivity index (χ0) is 29.3. The number of aliphatic hydroxyl groups is 2. The van der Waals surface area contributed by atoms with Gasteiger partial charge in [0, 0.05) is 12.6 Å². The van der Waals surface area contributed by atoms with Gasteiger partial charge in [-0.1, -0.05) is 51.1 Å². The standard InChI is InChI=1S/C33H42N2O6/c1-19-25-13-24(31(25,2)3)14-26(19)34-15-27(37)29-33(18-32(33,4)40)28(17-36)41-35(29)16-20-7-5-8-21(11-20)22-9-6-10-23(12-22)30(38)39/h5-12,19,24-26,28-29,34,36,40H,13-18H2,1-4H3,(H,38,39)/t19-,24+,25-,26-,28-,29+,32?,33+/m0/s1. The molecule has 1 saturated heterocycles. The Labute approximate surface area is 241 Å². The highest BCUT2D eigenvalue weighted by atomic mass is 16.7. The summed E-state index contributed by atoms with van der Waals surface area (Å²) < 4.78 is 0. The van der Waals surface area contributed by atoms with Crippen molar-refractivity contribution < 1.29 is 29.7 Å². The van der Waals surface area contributed by atoms with Gasteiger partial charge in [0.05, 0.1) is 29.7 Å². The third-order valence-corrected chi connectivity index (χ3v) is 11.2. The third-order valence-electron chi connectivity index (χ3n) is 11.2. The van der Waals surface area contributed by atoms with Crippen LogP contribution < -0.4 is 5.32 Å². The molecule has 1 spiro atoms. The Bertz CT molecular complexity index is 1360. The van der Waals surface area contributed by atoms with Crippen molar-refractivity contribution in [1.29, 1.82) is 0 Å². The van der Waals surface area contributed by atoms with Crippen LogP contribution in [0.4, 0.5) is 0 Å². The molecule has 2 bridgehead atoms. The number of carboxylic acid groups (broad SMARTS) is 1. The summed E-state index contributed by atoms with van der Waals surface area (Å²) >= 11 is 0. The molecule has 41 heavy (non-hydrogen) atoms. The van der Waals surface area contributed by atoms with Gasteiger partial charge in [-0.15, -0.1) is 0 Å². The van der Waals surface area contributed by atoms with Gasteiger partial charge in [-0.3, -0.25) is 9.63 Å². The summed E-state index contributed by atoms with van der Waals surface area (Å²) in [7, 11) is 0. The van der Waals surface area contributed by atoms with Crippen molar-refractivity contribution in [1.82, 2.24) is 10.4 Å². The predicted octanol–water partition coefficient (Wildman–Crippen LogP) is 3.90. The molecule has 2 aromatic rings. The second-order valence-corrected chi connectivity index (χ2v) is 13.7. The normalized spacial score (nSPS) is 37.1. The monoisotopic (exact) mass is 562 g/mol. The van der Waals surface area contributed by atoms with Crippen molar-refractivity contribution in [3.8, 4) is 11.1 Å². The summed E-state index contributed by atoms with van der Waals surface area (Å²) in [5, 5.41) is 36.0. The van der Waals surface area contributed by atoms with E-state index in [4.69, 9.17) is 4.84 Å². The summed E-state index contributed by atoms with van der Waals surface area (Å²) in [4.78, 5) is 31.7. The van der Waals surface area contributed by atoms with Crippen molar-refractivity contribution in [2.24, 2.45) is 28.6 Å². The number of Topliss-reactive ketones (excluding diaryl/α,β-unsaturated/α-hetero) is 1. The third kappa shape index (κ3) is 4.55. The molecule has 1 aliphatic heterocycles. The molecule has 8 atom stereocenters. The average Bonchev–Trinajstić information content (AvgIpc) is 3.37. The number of rotatable bonds is 9. The Morgan fingerprint density at radius 2 is 1.76 bits per heavy atom. The highest BCUT2D eigenvalue weighted by molar-refractivity contribution is 5.89. The first kappa shape index (κ1) is 28.5. The lowest BCUT2D eigenvalue weighted by atomic mass is 9.45. The molecule has 1 unspecified atom stereocenters. The van der Waals surface area contributed by atoms with Gasteiger partial charge < -0.3 is 20.6 Å². The number of nitrogens with zero attached hydrogens (tertiary/aromatic N) is 1. The fourth-order valence-corrected chi connectivity index (χ4v) is 8.51. The minimum atomic E-state index is -1.11. The molecule has 8 heteroatoms. The van der Waals surface area contributed by atoms with E-state index >= 15 is 0 Å². The zero-order valence-corrected chi connectivity index (χ0v) is 24.3. The van der Waals surface area contributed by atoms with Gasteiger partial charge in [0.1, 0.15) is 12.1 Å². The summed E-state index contributed by atoms with van der Waals surface area (Å²) in [6.07, 6.45) is 2.05. The maximum atomic E-state index is 14.0. The lowest BCUT2D eigenvalue weighted by Crippen LogP contribution is -2.61. The molecule has 2 aromatic carbocycles. The maximum Gasteiger partial charge on any atom is 0.335 e. The van der Waals surface area contributed by atoms with Crippen LogP contribution in [0.25, 0.3) is 11.1 Å². The van der Waals surface area contributed by atoms with E-state index in [1.54, 1.807) is 30.2 Å². The van der Waals surface area contributed by atoms with Crippen LogP contribution in [0.3, 0.4) is 0 Å². The molecule has 4 N–H and O–H groups in total. The van der Waals surface area contributed by atoms with E-state index in [1.165, 1.54) is 6.42 Å². The second-order valence-electron chi connectivity index (χ2n) is 13.7. The summed E-state index contributed by atoms with van der Waals surface area (Å²) in [6, 6.07) is 14.1. The first-order chi connectivity index (χ1) is 19.4. The average molecular weight is 563 g/mol. The van der Waals surface area contributed by atoms with Crippen LogP contribution in [-0.2, 0) is 16.2 Å². The van der Waals surface area contributed by atoms with Crippen molar-refractivity contribution >= 4 is 11.8 Å². The van der Waals surface area contributed by atoms with Gasteiger partial charge in [-0.2, -0.15) is 5.06 Å². The molecule has 0 aromatic heterocycles. The van der Waals surface area contributed by atoms with E-state index in [1.807, 2.05) is 30.3 Å². The smallest absolute Gasteiger partial charge is 0.335 e. The van der Waals surface area contributed by atoms with Gasteiger partial charge in [0.2, 0.25) is 0 Å². The lowest BCUT2D eigenvalue weighted by molar-refractivity contribution is -0.181. The Morgan fingerprint density at radius 3 is 2.37 bits per heavy atom. The van der Waals surface area contributed by atoms with Gasteiger partial charge in [0.25, 0.3) is 0 Å². The van der Waals surface area contributed by atoms with Crippen LogP contribution in [0.15, 0.2) is 48.5 Å². The van der Waals surface area contributed by atoms with E-state index in [2.05, 4.69) is 26.1 Å². The van der Waals surface area contributed by atoms with Gasteiger partial charge in [-0.05, 0) is 84.2 Å². The first-order valence-corrected chi connectivity index (χ1v) is 14.8. The fourth-order valence-electron chi connectivity index (χ4n) is 8.51. The van der Waals surface area contributed by atoms with Crippen LogP contribution in [0, 0.1) is 28.6 Å². The van der Waals surface area contributed by atoms with E-state index < -0.39 is 29.1 Å². The summed E-state index contributed by atoms with van der Waals surface area (Å²) in [6.45, 7) is 8.94. The molecular formula is C33H42N2O6. The molecule has 0 radical (unpaired) electrons.